The minimum absolute atomic E-state index is 0.00194. The number of amides is 1. The number of rotatable bonds is 5. The third-order valence-electron chi connectivity index (χ3n) is 5.81. The lowest BCUT2D eigenvalue weighted by Crippen LogP contribution is -2.48. The summed E-state index contributed by atoms with van der Waals surface area (Å²) in [5.41, 5.74) is 1.31. The van der Waals surface area contributed by atoms with Crippen LogP contribution >= 0.6 is 0 Å². The van der Waals surface area contributed by atoms with Gasteiger partial charge in [0.1, 0.15) is 6.04 Å². The van der Waals surface area contributed by atoms with E-state index in [0.29, 0.717) is 44.4 Å². The van der Waals surface area contributed by atoms with Gasteiger partial charge in [0.05, 0.1) is 42.0 Å². The fraction of sp³-hybridized carbons (Fsp3) is 0.571. The summed E-state index contributed by atoms with van der Waals surface area (Å²) in [6, 6.07) is 4.52. The van der Waals surface area contributed by atoms with Crippen LogP contribution in [0.3, 0.4) is 0 Å². The zero-order valence-electron chi connectivity index (χ0n) is 18.1. The summed E-state index contributed by atoms with van der Waals surface area (Å²) in [4.78, 5) is 26.3. The number of hydrogen-bond acceptors (Lipinski definition) is 8. The van der Waals surface area contributed by atoms with Crippen LogP contribution in [0.15, 0.2) is 23.1 Å². The molecule has 1 amide bonds. The SMILES string of the molecule is Cc1nc(N2CCCC2C(=O)N(C)CC2COCCO2)nc2cc(S(C)(=O)=O)ccc12. The molecule has 0 radical (unpaired) electrons. The van der Waals surface area contributed by atoms with E-state index in [4.69, 9.17) is 9.47 Å². The van der Waals surface area contributed by atoms with Crippen LogP contribution in [0.5, 0.6) is 0 Å². The number of aryl methyl sites for hydroxylation is 1. The Labute approximate surface area is 182 Å². The Balaban J connectivity index is 1.59. The first-order chi connectivity index (χ1) is 14.7. The van der Waals surface area contributed by atoms with E-state index in [1.165, 1.54) is 6.26 Å². The first-order valence-corrected chi connectivity index (χ1v) is 12.3. The number of likely N-dealkylation sites (N-methyl/N-ethyl adjacent to an activating group) is 1. The second-order valence-corrected chi connectivity index (χ2v) is 10.2. The Morgan fingerprint density at radius 1 is 1.29 bits per heavy atom. The van der Waals surface area contributed by atoms with Gasteiger partial charge in [0, 0.05) is 31.8 Å². The van der Waals surface area contributed by atoms with E-state index in [-0.39, 0.29) is 22.9 Å². The molecule has 0 N–H and O–H groups in total. The Bertz CT molecular complexity index is 1080. The molecule has 0 saturated carbocycles. The predicted molar refractivity (Wildman–Crippen MR) is 116 cm³/mol. The van der Waals surface area contributed by atoms with Gasteiger partial charge < -0.3 is 19.3 Å². The molecule has 4 rings (SSSR count). The Kier molecular flexibility index (Phi) is 6.14. The lowest BCUT2D eigenvalue weighted by Gasteiger charge is -2.31. The number of ether oxygens (including phenoxy) is 2. The molecule has 0 spiro atoms. The molecule has 1 aromatic carbocycles. The molecule has 2 unspecified atom stereocenters. The molecule has 3 heterocycles. The van der Waals surface area contributed by atoms with Gasteiger partial charge in [0.15, 0.2) is 9.84 Å². The number of carbonyl (C=O) groups is 1. The molecule has 2 atom stereocenters. The molecule has 2 fully saturated rings. The second kappa shape index (κ2) is 8.68. The molecule has 9 nitrogen and oxygen atoms in total. The fourth-order valence-corrected chi connectivity index (χ4v) is 4.81. The van der Waals surface area contributed by atoms with E-state index in [2.05, 4.69) is 9.97 Å². The van der Waals surface area contributed by atoms with Crippen molar-refractivity contribution in [3.8, 4) is 0 Å². The standard InChI is InChI=1S/C21H28N4O5S/c1-14-17-7-6-16(31(3,27)28)11-18(17)23-21(22-14)25-8-4-5-19(25)20(26)24(2)12-15-13-29-9-10-30-15/h6-7,11,15,19H,4-5,8-10,12-13H2,1-3H3. The van der Waals surface area contributed by atoms with Crippen LogP contribution in [0, 0.1) is 6.92 Å². The van der Waals surface area contributed by atoms with Gasteiger partial charge in [0.2, 0.25) is 11.9 Å². The van der Waals surface area contributed by atoms with Gasteiger partial charge in [-0.05, 0) is 38.0 Å². The highest BCUT2D eigenvalue weighted by molar-refractivity contribution is 7.90. The lowest BCUT2D eigenvalue weighted by atomic mass is 10.2. The minimum atomic E-state index is -3.35. The number of hydrogen-bond donors (Lipinski definition) is 0. The van der Waals surface area contributed by atoms with Crippen LogP contribution in [0.2, 0.25) is 0 Å². The molecule has 2 aliphatic rings. The third-order valence-corrected chi connectivity index (χ3v) is 6.92. The highest BCUT2D eigenvalue weighted by atomic mass is 32.2. The topological polar surface area (TPSA) is 102 Å². The van der Waals surface area contributed by atoms with Crippen molar-refractivity contribution in [2.24, 2.45) is 0 Å². The lowest BCUT2D eigenvalue weighted by molar-refractivity contribution is -0.137. The predicted octanol–water partition coefficient (Wildman–Crippen LogP) is 1.18. The first kappa shape index (κ1) is 21.9. The number of nitrogens with zero attached hydrogens (tertiary/aromatic N) is 4. The summed E-state index contributed by atoms with van der Waals surface area (Å²) >= 11 is 0. The number of fused-ring (bicyclic) bond motifs is 1. The number of anilines is 1. The maximum Gasteiger partial charge on any atom is 0.245 e. The smallest absolute Gasteiger partial charge is 0.245 e. The van der Waals surface area contributed by atoms with Gasteiger partial charge in [-0.3, -0.25) is 4.79 Å². The fourth-order valence-electron chi connectivity index (χ4n) is 4.17. The van der Waals surface area contributed by atoms with Crippen LogP contribution in [0.1, 0.15) is 18.5 Å². The van der Waals surface area contributed by atoms with E-state index < -0.39 is 9.84 Å². The highest BCUT2D eigenvalue weighted by Crippen LogP contribution is 2.28. The number of sulfone groups is 1. The second-order valence-electron chi connectivity index (χ2n) is 8.20. The van der Waals surface area contributed by atoms with Crippen LogP contribution in [-0.2, 0) is 24.1 Å². The molecule has 2 saturated heterocycles. The van der Waals surface area contributed by atoms with E-state index in [9.17, 15) is 13.2 Å². The average molecular weight is 449 g/mol. The number of carbonyl (C=O) groups excluding carboxylic acids is 1. The van der Waals surface area contributed by atoms with Crippen molar-refractivity contribution < 1.29 is 22.7 Å². The van der Waals surface area contributed by atoms with Crippen molar-refractivity contribution in [3.63, 3.8) is 0 Å². The summed E-state index contributed by atoms with van der Waals surface area (Å²) in [7, 11) is -1.57. The Hall–Kier alpha value is -2.30. The highest BCUT2D eigenvalue weighted by Gasteiger charge is 2.35. The van der Waals surface area contributed by atoms with Gasteiger partial charge in [-0.2, -0.15) is 0 Å². The molecule has 10 heteroatoms. The van der Waals surface area contributed by atoms with Crippen molar-refractivity contribution >= 4 is 32.6 Å². The van der Waals surface area contributed by atoms with E-state index in [1.807, 2.05) is 11.8 Å². The zero-order chi connectivity index (χ0) is 22.2. The monoisotopic (exact) mass is 448 g/mol. The Morgan fingerprint density at radius 3 is 2.81 bits per heavy atom. The maximum absolute atomic E-state index is 13.2. The summed E-state index contributed by atoms with van der Waals surface area (Å²) in [6.45, 7) is 4.63. The normalized spacial score (nSPS) is 22.1. The quantitative estimate of drug-likeness (QED) is 0.672. The molecule has 2 aliphatic heterocycles. The summed E-state index contributed by atoms with van der Waals surface area (Å²) < 4.78 is 35.0. The first-order valence-electron chi connectivity index (χ1n) is 10.4. The molecule has 31 heavy (non-hydrogen) atoms. The largest absolute Gasteiger partial charge is 0.376 e. The zero-order valence-corrected chi connectivity index (χ0v) is 18.9. The van der Waals surface area contributed by atoms with Gasteiger partial charge in [-0.15, -0.1) is 0 Å². The molecule has 1 aromatic heterocycles. The average Bonchev–Trinajstić information content (AvgIpc) is 3.22. The van der Waals surface area contributed by atoms with Gasteiger partial charge in [-0.25, -0.2) is 18.4 Å². The van der Waals surface area contributed by atoms with E-state index >= 15 is 0 Å². The summed E-state index contributed by atoms with van der Waals surface area (Å²) in [5.74, 6) is 0.454. The van der Waals surface area contributed by atoms with Crippen LogP contribution < -0.4 is 4.90 Å². The van der Waals surface area contributed by atoms with Crippen LogP contribution in [-0.4, -0.2) is 87.6 Å². The number of aromatic nitrogens is 2. The van der Waals surface area contributed by atoms with Crippen molar-refractivity contribution in [1.82, 2.24) is 14.9 Å². The van der Waals surface area contributed by atoms with Gasteiger partial charge in [0.25, 0.3) is 0 Å². The molecule has 2 aromatic rings. The van der Waals surface area contributed by atoms with Gasteiger partial charge in [-0.1, -0.05) is 0 Å². The molecule has 0 aliphatic carbocycles. The maximum atomic E-state index is 13.2. The molecule has 168 valence electrons. The molecular weight excluding hydrogens is 420 g/mol. The van der Waals surface area contributed by atoms with E-state index in [1.54, 1.807) is 30.1 Å². The molecule has 0 bridgehead atoms. The third kappa shape index (κ3) is 4.65. The van der Waals surface area contributed by atoms with Crippen molar-refractivity contribution in [2.45, 2.75) is 36.8 Å². The van der Waals surface area contributed by atoms with Crippen LogP contribution in [0.4, 0.5) is 5.95 Å². The summed E-state index contributed by atoms with van der Waals surface area (Å²) in [6.07, 6.45) is 2.63. The summed E-state index contributed by atoms with van der Waals surface area (Å²) in [5, 5.41) is 0.796. The van der Waals surface area contributed by atoms with Crippen molar-refractivity contribution in [1.29, 1.82) is 0 Å². The van der Waals surface area contributed by atoms with Crippen LogP contribution in [0.25, 0.3) is 10.9 Å². The molecular formula is C21H28N4O5S. The van der Waals surface area contributed by atoms with Crippen molar-refractivity contribution in [3.05, 3.63) is 23.9 Å². The van der Waals surface area contributed by atoms with Gasteiger partial charge >= 0.3 is 0 Å². The van der Waals surface area contributed by atoms with Crippen molar-refractivity contribution in [2.75, 3.05) is 51.1 Å². The minimum Gasteiger partial charge on any atom is -0.376 e. The van der Waals surface area contributed by atoms with E-state index in [0.717, 1.165) is 23.9 Å². The Morgan fingerprint density at radius 2 is 2.10 bits per heavy atom. The number of benzene rings is 1.